The molecule has 0 radical (unpaired) electrons. The predicted molar refractivity (Wildman–Crippen MR) is 113 cm³/mol. The van der Waals surface area contributed by atoms with Crippen molar-refractivity contribution in [3.8, 4) is 0 Å². The Morgan fingerprint density at radius 3 is 2.71 bits per heavy atom. The molecule has 0 aliphatic carbocycles. The second-order valence-electron chi connectivity index (χ2n) is 8.36. The van der Waals surface area contributed by atoms with Crippen LogP contribution in [-0.2, 0) is 6.54 Å². The molecule has 0 saturated carbocycles. The van der Waals surface area contributed by atoms with Gasteiger partial charge in [0.15, 0.2) is 5.16 Å². The molecule has 6 nitrogen and oxygen atoms in total. The Hall–Kier alpha value is -1.31. The van der Waals surface area contributed by atoms with Gasteiger partial charge in [0.05, 0.1) is 12.8 Å². The van der Waals surface area contributed by atoms with E-state index >= 15 is 0 Å². The molecule has 2 saturated heterocycles. The van der Waals surface area contributed by atoms with Crippen LogP contribution in [0.3, 0.4) is 0 Å². The Bertz CT molecular complexity index is 723. The van der Waals surface area contributed by atoms with Crippen molar-refractivity contribution < 1.29 is 4.42 Å². The molecule has 0 bridgehead atoms. The van der Waals surface area contributed by atoms with E-state index in [2.05, 4.69) is 44.5 Å². The third-order valence-corrected chi connectivity index (χ3v) is 6.80. The van der Waals surface area contributed by atoms with Crippen LogP contribution in [0.1, 0.15) is 63.1 Å². The van der Waals surface area contributed by atoms with Crippen molar-refractivity contribution in [2.45, 2.75) is 63.2 Å². The van der Waals surface area contributed by atoms with Crippen LogP contribution in [0.4, 0.5) is 0 Å². The number of furan rings is 1. The summed E-state index contributed by atoms with van der Waals surface area (Å²) in [6.45, 7) is 11.2. The van der Waals surface area contributed by atoms with Crippen LogP contribution in [0, 0.1) is 0 Å². The zero-order valence-corrected chi connectivity index (χ0v) is 18.0. The van der Waals surface area contributed by atoms with Crippen molar-refractivity contribution >= 4 is 11.8 Å². The van der Waals surface area contributed by atoms with Crippen LogP contribution in [0.15, 0.2) is 28.0 Å². The molecule has 2 aliphatic rings. The number of thioether (sulfide) groups is 1. The highest BCUT2D eigenvalue weighted by molar-refractivity contribution is 7.99. The fourth-order valence-corrected chi connectivity index (χ4v) is 5.53. The predicted octanol–water partition coefficient (Wildman–Crippen LogP) is 4.02. The van der Waals surface area contributed by atoms with Gasteiger partial charge < -0.3 is 13.9 Å². The molecule has 28 heavy (non-hydrogen) atoms. The van der Waals surface area contributed by atoms with Crippen molar-refractivity contribution in [1.82, 2.24) is 24.6 Å². The van der Waals surface area contributed by atoms with Gasteiger partial charge in [-0.25, -0.2) is 0 Å². The number of piperidine rings is 1. The summed E-state index contributed by atoms with van der Waals surface area (Å²) < 4.78 is 7.93. The van der Waals surface area contributed by atoms with Crippen molar-refractivity contribution in [2.24, 2.45) is 0 Å². The lowest BCUT2D eigenvalue weighted by molar-refractivity contribution is 0.181. The van der Waals surface area contributed by atoms with E-state index in [-0.39, 0.29) is 0 Å². The fourth-order valence-electron chi connectivity index (χ4n) is 4.46. The van der Waals surface area contributed by atoms with E-state index in [0.717, 1.165) is 42.8 Å². The van der Waals surface area contributed by atoms with Crippen LogP contribution >= 0.6 is 11.8 Å². The number of nitrogens with zero attached hydrogens (tertiary/aromatic N) is 5. The first-order chi connectivity index (χ1) is 13.7. The first-order valence-corrected chi connectivity index (χ1v) is 11.7. The Morgan fingerprint density at radius 2 is 1.96 bits per heavy atom. The lowest BCUT2D eigenvalue weighted by atomic mass is 9.97. The number of rotatable bonds is 8. The number of likely N-dealkylation sites (tertiary alicyclic amines) is 2. The average molecular weight is 404 g/mol. The summed E-state index contributed by atoms with van der Waals surface area (Å²) in [5.41, 5.74) is 0. The monoisotopic (exact) mass is 403 g/mol. The first-order valence-electron chi connectivity index (χ1n) is 10.8. The quantitative estimate of drug-likeness (QED) is 0.621. The molecule has 2 aliphatic heterocycles. The molecular formula is C21H33N5OS. The maximum atomic E-state index is 5.55. The summed E-state index contributed by atoms with van der Waals surface area (Å²) in [4.78, 5) is 5.06. The summed E-state index contributed by atoms with van der Waals surface area (Å²) in [6, 6.07) is 4.42. The van der Waals surface area contributed by atoms with Crippen molar-refractivity contribution in [1.29, 1.82) is 0 Å². The van der Waals surface area contributed by atoms with Crippen molar-refractivity contribution in [2.75, 3.05) is 38.5 Å². The molecule has 4 rings (SSSR count). The van der Waals surface area contributed by atoms with Crippen molar-refractivity contribution in [3.05, 3.63) is 30.0 Å². The molecule has 154 valence electrons. The number of hydrogen-bond acceptors (Lipinski definition) is 6. The molecule has 2 fully saturated rings. The van der Waals surface area contributed by atoms with Gasteiger partial charge in [-0.05, 0) is 71.3 Å². The van der Waals surface area contributed by atoms with Gasteiger partial charge in [0.2, 0.25) is 0 Å². The van der Waals surface area contributed by atoms with Crippen LogP contribution in [-0.4, -0.2) is 63.0 Å². The molecule has 0 unspecified atom stereocenters. The minimum atomic E-state index is 0.389. The standard InChI is InChI=1S/C21H33N5OS/c1-17(2)26-20(22-23-21(26)28-14-12-24-9-3-4-10-24)18-7-5-11-25(15-18)16-19-8-6-13-27-19/h6,8,13,17-18H,3-5,7,9-12,14-16H2,1-2H3/t18-/m0/s1. The van der Waals surface area contributed by atoms with E-state index in [1.807, 2.05) is 17.8 Å². The minimum Gasteiger partial charge on any atom is -0.468 e. The fraction of sp³-hybridized carbons (Fsp3) is 0.714. The first kappa shape index (κ1) is 20.0. The van der Waals surface area contributed by atoms with Gasteiger partial charge in [-0.1, -0.05) is 11.8 Å². The second kappa shape index (κ2) is 9.46. The maximum absolute atomic E-state index is 5.55. The third kappa shape index (κ3) is 4.81. The van der Waals surface area contributed by atoms with Crippen LogP contribution in [0.2, 0.25) is 0 Å². The molecule has 0 spiro atoms. The Balaban J connectivity index is 1.40. The Labute approximate surface area is 172 Å². The van der Waals surface area contributed by atoms with Gasteiger partial charge in [0.1, 0.15) is 11.6 Å². The maximum Gasteiger partial charge on any atom is 0.191 e. The summed E-state index contributed by atoms with van der Waals surface area (Å²) in [5, 5.41) is 10.4. The second-order valence-corrected chi connectivity index (χ2v) is 9.42. The Morgan fingerprint density at radius 1 is 1.14 bits per heavy atom. The number of hydrogen-bond donors (Lipinski definition) is 0. The molecule has 2 aromatic heterocycles. The zero-order valence-electron chi connectivity index (χ0n) is 17.2. The van der Waals surface area contributed by atoms with Crippen molar-refractivity contribution in [3.63, 3.8) is 0 Å². The minimum absolute atomic E-state index is 0.389. The largest absolute Gasteiger partial charge is 0.468 e. The van der Waals surface area contributed by atoms with Gasteiger partial charge in [-0.3, -0.25) is 4.90 Å². The van der Waals surface area contributed by atoms with E-state index in [1.54, 1.807) is 6.26 Å². The van der Waals surface area contributed by atoms with E-state index in [9.17, 15) is 0 Å². The van der Waals surface area contributed by atoms with E-state index in [4.69, 9.17) is 4.42 Å². The smallest absolute Gasteiger partial charge is 0.191 e. The van der Waals surface area contributed by atoms with Gasteiger partial charge in [-0.2, -0.15) is 0 Å². The third-order valence-electron chi connectivity index (χ3n) is 5.87. The molecule has 0 aromatic carbocycles. The van der Waals surface area contributed by atoms with Crippen LogP contribution in [0.25, 0.3) is 0 Å². The zero-order chi connectivity index (χ0) is 19.3. The van der Waals surface area contributed by atoms with Gasteiger partial charge in [-0.15, -0.1) is 10.2 Å². The molecule has 2 aromatic rings. The van der Waals surface area contributed by atoms with Gasteiger partial charge in [0.25, 0.3) is 0 Å². The van der Waals surface area contributed by atoms with E-state index in [1.165, 1.54) is 44.6 Å². The Kier molecular flexibility index (Phi) is 6.75. The highest BCUT2D eigenvalue weighted by Gasteiger charge is 2.28. The average Bonchev–Trinajstić information content (AvgIpc) is 3.44. The summed E-state index contributed by atoms with van der Waals surface area (Å²) in [5.74, 6) is 3.76. The van der Waals surface area contributed by atoms with Crippen LogP contribution < -0.4 is 0 Å². The lowest BCUT2D eigenvalue weighted by Crippen LogP contribution is -2.35. The van der Waals surface area contributed by atoms with Crippen LogP contribution in [0.5, 0.6) is 0 Å². The SMILES string of the molecule is CC(C)n1c(SCCN2CCCC2)nnc1[C@H]1CCCN(Cc2ccco2)C1. The van der Waals surface area contributed by atoms with Gasteiger partial charge >= 0.3 is 0 Å². The van der Waals surface area contributed by atoms with Gasteiger partial charge in [0, 0.05) is 30.8 Å². The molecule has 4 heterocycles. The summed E-state index contributed by atoms with van der Waals surface area (Å²) in [6.07, 6.45) is 6.86. The lowest BCUT2D eigenvalue weighted by Gasteiger charge is -2.32. The normalized spacial score (nSPS) is 21.8. The molecule has 1 atom stereocenters. The molecule has 0 amide bonds. The number of aromatic nitrogens is 3. The highest BCUT2D eigenvalue weighted by Crippen LogP contribution is 2.31. The van der Waals surface area contributed by atoms with E-state index in [0.29, 0.717) is 12.0 Å². The highest BCUT2D eigenvalue weighted by atomic mass is 32.2. The summed E-state index contributed by atoms with van der Waals surface area (Å²) >= 11 is 1.87. The molecule has 7 heteroatoms. The molecular weight excluding hydrogens is 370 g/mol. The van der Waals surface area contributed by atoms with E-state index < -0.39 is 0 Å². The summed E-state index contributed by atoms with van der Waals surface area (Å²) in [7, 11) is 0. The molecule has 0 N–H and O–H groups in total. The topological polar surface area (TPSA) is 50.3 Å².